The fourth-order valence-electron chi connectivity index (χ4n) is 2.39. The lowest BCUT2D eigenvalue weighted by atomic mass is 10.0. The molecule has 2 fully saturated rings. The second-order valence-corrected chi connectivity index (χ2v) is 6.08. The van der Waals surface area contributed by atoms with E-state index in [4.69, 9.17) is 0 Å². The topological polar surface area (TPSA) is 69.7 Å². The van der Waals surface area contributed by atoms with E-state index in [0.29, 0.717) is 25.4 Å². The highest BCUT2D eigenvalue weighted by molar-refractivity contribution is 6.20. The standard InChI is InChI=1S/C14H23N3O3/c1-10(2)16(3)8-4-5-9-17-12(19)14(6-7-14)11(18)15-13(17)20/h10H,4-9H2,1-3H3,(H,15,18,20). The molecule has 2 aliphatic rings. The van der Waals surface area contributed by atoms with Gasteiger partial charge in [0.25, 0.3) is 0 Å². The van der Waals surface area contributed by atoms with E-state index < -0.39 is 17.4 Å². The second-order valence-electron chi connectivity index (χ2n) is 6.08. The van der Waals surface area contributed by atoms with Gasteiger partial charge in [-0.2, -0.15) is 0 Å². The van der Waals surface area contributed by atoms with E-state index in [0.717, 1.165) is 19.4 Å². The fourth-order valence-corrected chi connectivity index (χ4v) is 2.39. The number of carbonyl (C=O) groups is 3. The summed E-state index contributed by atoms with van der Waals surface area (Å²) in [5.41, 5.74) is -0.914. The maximum atomic E-state index is 12.2. The van der Waals surface area contributed by atoms with Crippen molar-refractivity contribution < 1.29 is 14.4 Å². The number of amides is 4. The minimum Gasteiger partial charge on any atom is -0.304 e. The number of nitrogens with zero attached hydrogens (tertiary/aromatic N) is 2. The van der Waals surface area contributed by atoms with Gasteiger partial charge < -0.3 is 4.90 Å². The molecule has 1 heterocycles. The molecule has 0 aromatic heterocycles. The van der Waals surface area contributed by atoms with Gasteiger partial charge in [0.2, 0.25) is 11.8 Å². The van der Waals surface area contributed by atoms with Crippen LogP contribution in [-0.2, 0) is 9.59 Å². The molecule has 1 N–H and O–H groups in total. The minimum atomic E-state index is -0.914. The van der Waals surface area contributed by atoms with Crippen molar-refractivity contribution in [2.45, 2.75) is 45.6 Å². The Morgan fingerprint density at radius 1 is 1.25 bits per heavy atom. The predicted molar refractivity (Wildman–Crippen MR) is 73.9 cm³/mol. The molecule has 0 aromatic carbocycles. The third-order valence-corrected chi connectivity index (χ3v) is 4.33. The van der Waals surface area contributed by atoms with Crippen LogP contribution in [0.4, 0.5) is 4.79 Å². The normalized spacial score (nSPS) is 21.1. The Morgan fingerprint density at radius 2 is 1.90 bits per heavy atom. The third kappa shape index (κ3) is 2.70. The van der Waals surface area contributed by atoms with Crippen molar-refractivity contribution in [1.29, 1.82) is 0 Å². The Balaban J connectivity index is 1.82. The monoisotopic (exact) mass is 281 g/mol. The summed E-state index contributed by atoms with van der Waals surface area (Å²) >= 11 is 0. The second kappa shape index (κ2) is 5.52. The highest BCUT2D eigenvalue weighted by Gasteiger charge is 2.61. The molecular formula is C14H23N3O3. The summed E-state index contributed by atoms with van der Waals surface area (Å²) < 4.78 is 0. The van der Waals surface area contributed by atoms with E-state index in [1.54, 1.807) is 0 Å². The van der Waals surface area contributed by atoms with E-state index in [1.807, 2.05) is 0 Å². The Bertz CT molecular complexity index is 429. The zero-order chi connectivity index (χ0) is 14.9. The van der Waals surface area contributed by atoms with Gasteiger partial charge in [0.15, 0.2) is 0 Å². The summed E-state index contributed by atoms with van der Waals surface area (Å²) in [6, 6.07) is -0.0722. The zero-order valence-electron chi connectivity index (χ0n) is 12.4. The largest absolute Gasteiger partial charge is 0.330 e. The van der Waals surface area contributed by atoms with Crippen molar-refractivity contribution in [3.63, 3.8) is 0 Å². The molecular weight excluding hydrogens is 258 g/mol. The average Bonchev–Trinajstić information content (AvgIpc) is 3.17. The Labute approximate surface area is 119 Å². The smallest absolute Gasteiger partial charge is 0.304 e. The van der Waals surface area contributed by atoms with E-state index in [1.165, 1.54) is 4.90 Å². The molecule has 1 spiro atoms. The Hall–Kier alpha value is -1.43. The number of barbiturate groups is 1. The molecule has 4 amide bonds. The lowest BCUT2D eigenvalue weighted by Crippen LogP contribution is -2.59. The molecule has 1 saturated heterocycles. The van der Waals surface area contributed by atoms with Crippen LogP contribution in [0.1, 0.15) is 39.5 Å². The maximum absolute atomic E-state index is 12.2. The zero-order valence-corrected chi connectivity index (χ0v) is 12.4. The molecule has 1 saturated carbocycles. The van der Waals surface area contributed by atoms with Crippen LogP contribution in [0.15, 0.2) is 0 Å². The number of rotatable bonds is 6. The minimum absolute atomic E-state index is 0.302. The van der Waals surface area contributed by atoms with Gasteiger partial charge in [0.1, 0.15) is 5.41 Å². The van der Waals surface area contributed by atoms with Crippen molar-refractivity contribution in [3.8, 4) is 0 Å². The maximum Gasteiger partial charge on any atom is 0.330 e. The van der Waals surface area contributed by atoms with Crippen molar-refractivity contribution in [1.82, 2.24) is 15.1 Å². The van der Waals surface area contributed by atoms with Crippen LogP contribution >= 0.6 is 0 Å². The van der Waals surface area contributed by atoms with Crippen LogP contribution in [-0.4, -0.2) is 53.8 Å². The molecule has 20 heavy (non-hydrogen) atoms. The Morgan fingerprint density at radius 3 is 2.45 bits per heavy atom. The quantitative estimate of drug-likeness (QED) is 0.581. The van der Waals surface area contributed by atoms with E-state index >= 15 is 0 Å². The molecule has 1 aliphatic carbocycles. The van der Waals surface area contributed by atoms with Gasteiger partial charge in [0, 0.05) is 12.6 Å². The molecule has 1 aliphatic heterocycles. The van der Waals surface area contributed by atoms with Gasteiger partial charge >= 0.3 is 6.03 Å². The summed E-state index contributed by atoms with van der Waals surface area (Å²) in [5, 5.41) is 2.30. The van der Waals surface area contributed by atoms with Gasteiger partial charge in [0.05, 0.1) is 0 Å². The molecule has 0 atom stereocenters. The first-order valence-electron chi connectivity index (χ1n) is 7.26. The molecule has 6 nitrogen and oxygen atoms in total. The van der Waals surface area contributed by atoms with Crippen LogP contribution < -0.4 is 5.32 Å². The summed E-state index contributed by atoms with van der Waals surface area (Å²) in [4.78, 5) is 39.0. The number of hydrogen-bond acceptors (Lipinski definition) is 4. The van der Waals surface area contributed by atoms with Crippen molar-refractivity contribution in [2.24, 2.45) is 5.41 Å². The van der Waals surface area contributed by atoms with Crippen molar-refractivity contribution in [3.05, 3.63) is 0 Å². The lowest BCUT2D eigenvalue weighted by molar-refractivity contribution is -0.144. The third-order valence-electron chi connectivity index (χ3n) is 4.33. The predicted octanol–water partition coefficient (Wildman–Crippen LogP) is 0.965. The SMILES string of the molecule is CC(C)N(C)CCCCN1C(=O)NC(=O)C2(CC2)C1=O. The van der Waals surface area contributed by atoms with E-state index in [2.05, 4.69) is 31.1 Å². The van der Waals surface area contributed by atoms with Gasteiger partial charge in [-0.1, -0.05) is 0 Å². The van der Waals surface area contributed by atoms with Crippen LogP contribution in [0.3, 0.4) is 0 Å². The molecule has 112 valence electrons. The van der Waals surface area contributed by atoms with Crippen LogP contribution in [0.25, 0.3) is 0 Å². The van der Waals surface area contributed by atoms with Crippen molar-refractivity contribution in [2.75, 3.05) is 20.1 Å². The lowest BCUT2D eigenvalue weighted by Gasteiger charge is -2.30. The van der Waals surface area contributed by atoms with Gasteiger partial charge in [-0.3, -0.25) is 19.8 Å². The molecule has 0 bridgehead atoms. The number of nitrogens with one attached hydrogen (secondary N) is 1. The first kappa shape index (κ1) is 15.0. The highest BCUT2D eigenvalue weighted by Crippen LogP contribution is 2.48. The first-order chi connectivity index (χ1) is 9.38. The molecule has 0 radical (unpaired) electrons. The summed E-state index contributed by atoms with van der Waals surface area (Å²) in [5.74, 6) is -0.716. The van der Waals surface area contributed by atoms with Crippen LogP contribution in [0.5, 0.6) is 0 Å². The molecule has 0 unspecified atom stereocenters. The summed E-state index contributed by atoms with van der Waals surface area (Å²) in [6.45, 7) is 5.59. The Kier molecular flexibility index (Phi) is 4.13. The van der Waals surface area contributed by atoms with Gasteiger partial charge in [-0.25, -0.2) is 4.79 Å². The van der Waals surface area contributed by atoms with E-state index in [9.17, 15) is 14.4 Å². The van der Waals surface area contributed by atoms with E-state index in [-0.39, 0.29) is 5.91 Å². The van der Waals surface area contributed by atoms with Gasteiger partial charge in [-0.05, 0) is 53.1 Å². The fraction of sp³-hybridized carbons (Fsp3) is 0.786. The number of carbonyl (C=O) groups excluding carboxylic acids is 3. The number of hydrogen-bond donors (Lipinski definition) is 1. The van der Waals surface area contributed by atoms with Crippen molar-refractivity contribution >= 4 is 17.8 Å². The number of urea groups is 1. The van der Waals surface area contributed by atoms with Gasteiger partial charge in [-0.15, -0.1) is 0 Å². The molecule has 2 rings (SSSR count). The summed E-state index contributed by atoms with van der Waals surface area (Å²) in [7, 11) is 2.06. The summed E-state index contributed by atoms with van der Waals surface area (Å²) in [6.07, 6.45) is 2.82. The molecule has 0 aromatic rings. The molecule has 6 heteroatoms. The highest BCUT2D eigenvalue weighted by atomic mass is 16.2. The average molecular weight is 281 g/mol. The van der Waals surface area contributed by atoms with Crippen LogP contribution in [0.2, 0.25) is 0 Å². The number of unbranched alkanes of at least 4 members (excludes halogenated alkanes) is 1. The van der Waals surface area contributed by atoms with Crippen LogP contribution in [0, 0.1) is 5.41 Å². The first-order valence-corrected chi connectivity index (χ1v) is 7.26. The number of imide groups is 2.